The number of aryl methyl sites for hydroxylation is 1. The van der Waals surface area contributed by atoms with Crippen molar-refractivity contribution in [2.24, 2.45) is 0 Å². The van der Waals surface area contributed by atoms with Gasteiger partial charge in [0.05, 0.1) is 0 Å². The van der Waals surface area contributed by atoms with E-state index in [1.165, 1.54) is 5.56 Å². The van der Waals surface area contributed by atoms with E-state index >= 15 is 0 Å². The van der Waals surface area contributed by atoms with Crippen molar-refractivity contribution in [1.29, 1.82) is 5.26 Å². The van der Waals surface area contributed by atoms with Crippen molar-refractivity contribution in [2.45, 2.75) is 32.8 Å². The highest BCUT2D eigenvalue weighted by molar-refractivity contribution is 6.09. The van der Waals surface area contributed by atoms with Crippen LogP contribution in [0.5, 0.6) is 5.75 Å². The number of ether oxygens (including phenoxy) is 1. The van der Waals surface area contributed by atoms with Crippen LogP contribution in [-0.4, -0.2) is 5.91 Å². The van der Waals surface area contributed by atoms with Gasteiger partial charge in [-0.15, -0.1) is 0 Å². The molecular formula is C27H26N2O2. The summed E-state index contributed by atoms with van der Waals surface area (Å²) in [6.45, 7) is 2.61. The van der Waals surface area contributed by atoms with Crippen LogP contribution in [0.15, 0.2) is 84.4 Å². The molecule has 0 radical (unpaired) electrons. The third-order valence-corrected chi connectivity index (χ3v) is 4.81. The molecule has 1 amide bonds. The molecule has 3 aromatic carbocycles. The van der Waals surface area contributed by atoms with Crippen LogP contribution in [-0.2, 0) is 17.8 Å². The Hall–Kier alpha value is -3.84. The van der Waals surface area contributed by atoms with Gasteiger partial charge in [0.2, 0.25) is 0 Å². The summed E-state index contributed by atoms with van der Waals surface area (Å²) in [6, 6.07) is 27.0. The third kappa shape index (κ3) is 6.87. The number of amides is 1. The smallest absolute Gasteiger partial charge is 0.266 e. The first-order valence-corrected chi connectivity index (χ1v) is 10.5. The second kappa shape index (κ2) is 11.4. The molecule has 0 fully saturated rings. The van der Waals surface area contributed by atoms with Gasteiger partial charge in [-0.1, -0.05) is 67.9 Å². The standard InChI is InChI=1S/C27H26N2O2/c1-2-3-8-21-13-15-25(16-14-21)29-27(30)24(19-28)17-23-11-7-12-26(18-23)31-20-22-9-5-4-6-10-22/h4-7,9-18H,2-3,8,20H2,1H3,(H,29,30)/b24-17+. The average molecular weight is 411 g/mol. The number of nitriles is 1. The number of benzene rings is 3. The summed E-state index contributed by atoms with van der Waals surface area (Å²) in [7, 11) is 0. The van der Waals surface area contributed by atoms with Gasteiger partial charge in [0.25, 0.3) is 5.91 Å². The van der Waals surface area contributed by atoms with E-state index in [9.17, 15) is 10.1 Å². The van der Waals surface area contributed by atoms with Crippen molar-refractivity contribution in [2.75, 3.05) is 5.32 Å². The van der Waals surface area contributed by atoms with Gasteiger partial charge in [-0.2, -0.15) is 5.26 Å². The van der Waals surface area contributed by atoms with E-state index in [-0.39, 0.29) is 5.57 Å². The first-order chi connectivity index (χ1) is 15.2. The Morgan fingerprint density at radius 2 is 1.77 bits per heavy atom. The topological polar surface area (TPSA) is 62.1 Å². The zero-order valence-electron chi connectivity index (χ0n) is 17.7. The lowest BCUT2D eigenvalue weighted by Crippen LogP contribution is -2.13. The van der Waals surface area contributed by atoms with Gasteiger partial charge < -0.3 is 10.1 Å². The molecule has 0 atom stereocenters. The highest BCUT2D eigenvalue weighted by Gasteiger charge is 2.10. The van der Waals surface area contributed by atoms with Crippen LogP contribution in [0.3, 0.4) is 0 Å². The average Bonchev–Trinajstić information content (AvgIpc) is 2.81. The van der Waals surface area contributed by atoms with Crippen molar-refractivity contribution >= 4 is 17.7 Å². The first-order valence-electron chi connectivity index (χ1n) is 10.5. The maximum atomic E-state index is 12.6. The van der Waals surface area contributed by atoms with Crippen molar-refractivity contribution in [1.82, 2.24) is 0 Å². The molecule has 0 saturated carbocycles. The predicted molar refractivity (Wildman–Crippen MR) is 124 cm³/mol. The van der Waals surface area contributed by atoms with Crippen molar-refractivity contribution in [3.63, 3.8) is 0 Å². The zero-order valence-corrected chi connectivity index (χ0v) is 17.7. The zero-order chi connectivity index (χ0) is 21.9. The fraction of sp³-hybridized carbons (Fsp3) is 0.185. The van der Waals surface area contributed by atoms with Crippen molar-refractivity contribution in [3.8, 4) is 11.8 Å². The Morgan fingerprint density at radius 3 is 2.48 bits per heavy atom. The number of rotatable bonds is 9. The lowest BCUT2D eigenvalue weighted by Gasteiger charge is -2.08. The number of carbonyl (C=O) groups excluding carboxylic acids is 1. The van der Waals surface area contributed by atoms with Crippen molar-refractivity contribution < 1.29 is 9.53 Å². The summed E-state index contributed by atoms with van der Waals surface area (Å²) >= 11 is 0. The van der Waals surface area contributed by atoms with E-state index in [4.69, 9.17) is 4.74 Å². The van der Waals surface area contributed by atoms with Gasteiger partial charge >= 0.3 is 0 Å². The number of carbonyl (C=O) groups is 1. The van der Waals surface area contributed by atoms with Gasteiger partial charge in [-0.3, -0.25) is 4.79 Å². The molecule has 3 rings (SSSR count). The summed E-state index contributed by atoms with van der Waals surface area (Å²) in [5, 5.41) is 12.3. The Bertz CT molecular complexity index is 1060. The van der Waals surface area contributed by atoms with E-state index in [0.717, 1.165) is 30.4 Å². The minimum Gasteiger partial charge on any atom is -0.489 e. The number of nitrogens with zero attached hydrogens (tertiary/aromatic N) is 1. The molecule has 3 aromatic rings. The third-order valence-electron chi connectivity index (χ3n) is 4.81. The molecular weight excluding hydrogens is 384 g/mol. The lowest BCUT2D eigenvalue weighted by molar-refractivity contribution is -0.112. The monoisotopic (exact) mass is 410 g/mol. The van der Waals surface area contributed by atoms with Crippen LogP contribution >= 0.6 is 0 Å². The Kier molecular flexibility index (Phi) is 8.02. The van der Waals surface area contributed by atoms with E-state index < -0.39 is 5.91 Å². The molecule has 4 heteroatoms. The SMILES string of the molecule is CCCCc1ccc(NC(=O)/C(C#N)=C/c2cccc(OCc3ccccc3)c2)cc1. The van der Waals surface area contributed by atoms with Crippen LogP contribution in [0.25, 0.3) is 6.08 Å². The second-order valence-electron chi connectivity index (χ2n) is 7.27. The summed E-state index contributed by atoms with van der Waals surface area (Å²) < 4.78 is 5.83. The van der Waals surface area contributed by atoms with E-state index in [0.29, 0.717) is 18.0 Å². The van der Waals surface area contributed by atoms with Gasteiger partial charge in [-0.05, 0) is 59.9 Å². The van der Waals surface area contributed by atoms with Crippen LogP contribution in [0, 0.1) is 11.3 Å². The molecule has 0 aromatic heterocycles. The maximum absolute atomic E-state index is 12.6. The number of anilines is 1. The fourth-order valence-corrected chi connectivity index (χ4v) is 3.08. The molecule has 0 heterocycles. The quantitative estimate of drug-likeness (QED) is 0.340. The van der Waals surface area contributed by atoms with Gasteiger partial charge in [0.15, 0.2) is 0 Å². The second-order valence-corrected chi connectivity index (χ2v) is 7.27. The van der Waals surface area contributed by atoms with Crippen LogP contribution in [0.2, 0.25) is 0 Å². The van der Waals surface area contributed by atoms with E-state index in [1.54, 1.807) is 6.08 Å². The van der Waals surface area contributed by atoms with Crippen molar-refractivity contribution in [3.05, 3.63) is 101 Å². The number of hydrogen-bond donors (Lipinski definition) is 1. The summed E-state index contributed by atoms with van der Waals surface area (Å²) in [5.74, 6) is 0.248. The maximum Gasteiger partial charge on any atom is 0.266 e. The number of unbranched alkanes of at least 4 members (excludes halogenated alkanes) is 1. The van der Waals surface area contributed by atoms with Gasteiger partial charge in [0.1, 0.15) is 24.0 Å². The van der Waals surface area contributed by atoms with Crippen LogP contribution in [0.1, 0.15) is 36.5 Å². The molecule has 1 N–H and O–H groups in total. The normalized spacial score (nSPS) is 10.9. The molecule has 4 nitrogen and oxygen atoms in total. The Labute approximate surface area is 183 Å². The van der Waals surface area contributed by atoms with E-state index in [1.807, 2.05) is 84.9 Å². The minimum absolute atomic E-state index is 0.0373. The molecule has 0 saturated heterocycles. The first kappa shape index (κ1) is 21.9. The largest absolute Gasteiger partial charge is 0.489 e. The summed E-state index contributed by atoms with van der Waals surface area (Å²) in [4.78, 5) is 12.6. The van der Waals surface area contributed by atoms with Gasteiger partial charge in [-0.25, -0.2) is 0 Å². The molecule has 0 unspecified atom stereocenters. The molecule has 0 aliphatic heterocycles. The minimum atomic E-state index is -0.431. The molecule has 0 aliphatic carbocycles. The van der Waals surface area contributed by atoms with Crippen LogP contribution in [0.4, 0.5) is 5.69 Å². The van der Waals surface area contributed by atoms with Crippen LogP contribution < -0.4 is 10.1 Å². The molecule has 0 spiro atoms. The highest BCUT2D eigenvalue weighted by atomic mass is 16.5. The number of hydrogen-bond acceptors (Lipinski definition) is 3. The fourth-order valence-electron chi connectivity index (χ4n) is 3.08. The molecule has 31 heavy (non-hydrogen) atoms. The van der Waals surface area contributed by atoms with Gasteiger partial charge in [0, 0.05) is 5.69 Å². The number of nitrogens with one attached hydrogen (secondary N) is 1. The summed E-state index contributed by atoms with van der Waals surface area (Å²) in [5.41, 5.74) is 3.75. The van der Waals surface area contributed by atoms with E-state index in [2.05, 4.69) is 12.2 Å². The summed E-state index contributed by atoms with van der Waals surface area (Å²) in [6.07, 6.45) is 4.88. The molecule has 0 bridgehead atoms. The Balaban J connectivity index is 1.65. The molecule has 0 aliphatic rings. The predicted octanol–water partition coefficient (Wildman–Crippen LogP) is 6.15. The lowest BCUT2D eigenvalue weighted by atomic mass is 10.1. The molecule has 156 valence electrons. The highest BCUT2D eigenvalue weighted by Crippen LogP contribution is 2.18. The Morgan fingerprint density at radius 1 is 1.00 bits per heavy atom.